The van der Waals surface area contributed by atoms with Crippen molar-refractivity contribution in [2.45, 2.75) is 6.10 Å². The Morgan fingerprint density at radius 2 is 2.06 bits per heavy atom. The second kappa shape index (κ2) is 4.67. The molecule has 82 valence electrons. The zero-order chi connectivity index (χ0) is 11.5. The maximum Gasteiger partial charge on any atom is 0.147 e. The van der Waals surface area contributed by atoms with Crippen molar-refractivity contribution in [3.8, 4) is 0 Å². The lowest BCUT2D eigenvalue weighted by atomic mass is 10.1. The average Bonchev–Trinajstić information content (AvgIpc) is 2.30. The van der Waals surface area contributed by atoms with Gasteiger partial charge in [0.2, 0.25) is 0 Å². The number of aromatic nitrogens is 2. The molecule has 0 spiro atoms. The second-order valence-electron chi connectivity index (χ2n) is 3.20. The number of nitrogens with zero attached hydrogens (tertiary/aromatic N) is 2. The van der Waals surface area contributed by atoms with Gasteiger partial charge in [-0.2, -0.15) is 0 Å². The molecule has 0 fully saturated rings. The van der Waals surface area contributed by atoms with Gasteiger partial charge in [-0.05, 0) is 34.1 Å². The van der Waals surface area contributed by atoms with E-state index in [0.717, 1.165) is 10.7 Å². The smallest absolute Gasteiger partial charge is 0.147 e. The van der Waals surface area contributed by atoms with Crippen molar-refractivity contribution in [1.82, 2.24) is 9.97 Å². The first-order chi connectivity index (χ1) is 7.68. The summed E-state index contributed by atoms with van der Waals surface area (Å²) in [4.78, 5) is 7.63. The molecule has 5 heteroatoms. The van der Waals surface area contributed by atoms with Crippen LogP contribution >= 0.6 is 15.9 Å². The van der Waals surface area contributed by atoms with Crippen LogP contribution < -0.4 is 0 Å². The molecule has 0 amide bonds. The molecule has 1 atom stereocenters. The SMILES string of the molecule is OC(c1ccc(Br)cn1)c1ccncc1F. The maximum absolute atomic E-state index is 13.3. The Morgan fingerprint density at radius 1 is 1.25 bits per heavy atom. The van der Waals surface area contributed by atoms with Crippen molar-refractivity contribution >= 4 is 15.9 Å². The van der Waals surface area contributed by atoms with Crippen LogP contribution in [0.25, 0.3) is 0 Å². The number of halogens is 2. The molecule has 0 bridgehead atoms. The van der Waals surface area contributed by atoms with Gasteiger partial charge in [0.15, 0.2) is 0 Å². The molecule has 2 aromatic heterocycles. The third kappa shape index (κ3) is 2.25. The highest BCUT2D eigenvalue weighted by Gasteiger charge is 2.15. The highest BCUT2D eigenvalue weighted by atomic mass is 79.9. The first-order valence-corrected chi connectivity index (χ1v) is 5.36. The van der Waals surface area contributed by atoms with Crippen LogP contribution in [0.15, 0.2) is 41.3 Å². The summed E-state index contributed by atoms with van der Waals surface area (Å²) in [5, 5.41) is 9.92. The minimum absolute atomic E-state index is 0.171. The molecule has 0 aliphatic rings. The molecular weight excluding hydrogens is 275 g/mol. The normalized spacial score (nSPS) is 12.4. The Morgan fingerprint density at radius 3 is 2.69 bits per heavy atom. The number of pyridine rings is 2. The zero-order valence-electron chi connectivity index (χ0n) is 8.14. The van der Waals surface area contributed by atoms with E-state index < -0.39 is 11.9 Å². The third-order valence-corrected chi connectivity index (χ3v) is 2.60. The summed E-state index contributed by atoms with van der Waals surface area (Å²) in [7, 11) is 0. The van der Waals surface area contributed by atoms with E-state index in [4.69, 9.17) is 0 Å². The van der Waals surface area contributed by atoms with E-state index in [2.05, 4.69) is 25.9 Å². The summed E-state index contributed by atoms with van der Waals surface area (Å²) in [6.07, 6.45) is 2.98. The van der Waals surface area contributed by atoms with Crippen molar-refractivity contribution in [2.75, 3.05) is 0 Å². The number of aliphatic hydroxyl groups is 1. The monoisotopic (exact) mass is 282 g/mol. The molecule has 1 N–H and O–H groups in total. The maximum atomic E-state index is 13.3. The van der Waals surface area contributed by atoms with Crippen LogP contribution in [-0.2, 0) is 0 Å². The Labute approximate surface area is 100 Å². The molecule has 0 aliphatic carbocycles. The standard InChI is InChI=1S/C11H8BrFN2O/c12-7-1-2-10(15-5-7)11(16)8-3-4-14-6-9(8)13/h1-6,11,16H. The van der Waals surface area contributed by atoms with E-state index in [-0.39, 0.29) is 5.56 Å². The van der Waals surface area contributed by atoms with Crippen LogP contribution in [0, 0.1) is 5.82 Å². The van der Waals surface area contributed by atoms with Gasteiger partial charge in [-0.15, -0.1) is 0 Å². The summed E-state index contributed by atoms with van der Waals surface area (Å²) in [6, 6.07) is 4.81. The molecule has 1 unspecified atom stereocenters. The fourth-order valence-corrected chi connectivity index (χ4v) is 1.55. The van der Waals surface area contributed by atoms with Gasteiger partial charge in [0.25, 0.3) is 0 Å². The van der Waals surface area contributed by atoms with E-state index in [9.17, 15) is 9.50 Å². The number of hydrogen-bond acceptors (Lipinski definition) is 3. The Bertz CT molecular complexity index is 490. The van der Waals surface area contributed by atoms with Gasteiger partial charge in [0, 0.05) is 22.4 Å². The summed E-state index contributed by atoms with van der Waals surface area (Å²) < 4.78 is 14.1. The summed E-state index contributed by atoms with van der Waals surface area (Å²) in [6.45, 7) is 0. The molecule has 3 nitrogen and oxygen atoms in total. The topological polar surface area (TPSA) is 46.0 Å². The molecule has 16 heavy (non-hydrogen) atoms. The van der Waals surface area contributed by atoms with Crippen molar-refractivity contribution in [3.05, 3.63) is 58.3 Å². The van der Waals surface area contributed by atoms with Crippen molar-refractivity contribution < 1.29 is 9.50 Å². The van der Waals surface area contributed by atoms with Gasteiger partial charge in [-0.1, -0.05) is 0 Å². The van der Waals surface area contributed by atoms with Crippen LogP contribution in [0.4, 0.5) is 4.39 Å². The molecule has 2 aromatic rings. The van der Waals surface area contributed by atoms with Gasteiger partial charge >= 0.3 is 0 Å². The number of hydrogen-bond donors (Lipinski definition) is 1. The Kier molecular flexibility index (Phi) is 3.26. The molecule has 0 radical (unpaired) electrons. The fraction of sp³-hybridized carbons (Fsp3) is 0.0909. The highest BCUT2D eigenvalue weighted by Crippen LogP contribution is 2.22. The van der Waals surface area contributed by atoms with Gasteiger partial charge < -0.3 is 5.11 Å². The van der Waals surface area contributed by atoms with E-state index in [0.29, 0.717) is 5.69 Å². The molecular formula is C11H8BrFN2O. The predicted octanol–water partition coefficient (Wildman–Crippen LogP) is 2.46. The Balaban J connectivity index is 2.35. The summed E-state index contributed by atoms with van der Waals surface area (Å²) in [5.74, 6) is -0.542. The second-order valence-corrected chi connectivity index (χ2v) is 4.12. The van der Waals surface area contributed by atoms with Gasteiger partial charge in [0.05, 0.1) is 11.9 Å². The highest BCUT2D eigenvalue weighted by molar-refractivity contribution is 9.10. The van der Waals surface area contributed by atoms with Gasteiger partial charge in [0.1, 0.15) is 11.9 Å². The molecule has 2 rings (SSSR count). The fourth-order valence-electron chi connectivity index (χ4n) is 1.32. The van der Waals surface area contributed by atoms with Crippen LogP contribution in [0.3, 0.4) is 0 Å². The molecule has 2 heterocycles. The van der Waals surface area contributed by atoms with Crippen LogP contribution in [0.5, 0.6) is 0 Å². The Hall–Kier alpha value is -1.33. The summed E-state index contributed by atoms with van der Waals surface area (Å²) in [5.41, 5.74) is 0.568. The van der Waals surface area contributed by atoms with Crippen molar-refractivity contribution in [3.63, 3.8) is 0 Å². The molecule has 0 saturated carbocycles. The predicted molar refractivity (Wildman–Crippen MR) is 60.2 cm³/mol. The minimum atomic E-state index is -1.07. The van der Waals surface area contributed by atoms with Crippen molar-refractivity contribution in [1.29, 1.82) is 0 Å². The lowest BCUT2D eigenvalue weighted by molar-refractivity contribution is 0.210. The van der Waals surface area contributed by atoms with Crippen molar-refractivity contribution in [2.24, 2.45) is 0 Å². The molecule has 0 aliphatic heterocycles. The summed E-state index contributed by atoms with van der Waals surface area (Å²) >= 11 is 3.24. The average molecular weight is 283 g/mol. The third-order valence-electron chi connectivity index (χ3n) is 2.13. The van der Waals surface area contributed by atoms with E-state index in [1.54, 1.807) is 18.3 Å². The first kappa shape index (κ1) is 11.2. The van der Waals surface area contributed by atoms with Gasteiger partial charge in [-0.3, -0.25) is 9.97 Å². The van der Waals surface area contributed by atoms with E-state index in [1.807, 2.05) is 0 Å². The number of rotatable bonds is 2. The first-order valence-electron chi connectivity index (χ1n) is 4.57. The lowest BCUT2D eigenvalue weighted by Crippen LogP contribution is -2.04. The van der Waals surface area contributed by atoms with E-state index in [1.165, 1.54) is 12.3 Å². The number of aliphatic hydroxyl groups excluding tert-OH is 1. The van der Waals surface area contributed by atoms with Crippen LogP contribution in [0.2, 0.25) is 0 Å². The van der Waals surface area contributed by atoms with Gasteiger partial charge in [-0.25, -0.2) is 4.39 Å². The van der Waals surface area contributed by atoms with E-state index >= 15 is 0 Å². The zero-order valence-corrected chi connectivity index (χ0v) is 9.73. The molecule has 0 aromatic carbocycles. The largest absolute Gasteiger partial charge is 0.382 e. The lowest BCUT2D eigenvalue weighted by Gasteiger charge is -2.10. The quantitative estimate of drug-likeness (QED) is 0.920. The minimum Gasteiger partial charge on any atom is -0.382 e. The van der Waals surface area contributed by atoms with Crippen LogP contribution in [-0.4, -0.2) is 15.1 Å². The van der Waals surface area contributed by atoms with Crippen LogP contribution in [0.1, 0.15) is 17.4 Å². The molecule has 0 saturated heterocycles.